The Morgan fingerprint density at radius 2 is 1.85 bits per heavy atom. The molecular weight excluding hydrogens is 248 g/mol. The first-order valence-corrected chi connectivity index (χ1v) is 7.93. The molecule has 0 saturated carbocycles. The van der Waals surface area contributed by atoms with Gasteiger partial charge in [0.05, 0.1) is 13.2 Å². The van der Waals surface area contributed by atoms with E-state index in [1.807, 2.05) is 6.07 Å². The average molecular weight is 274 g/mol. The van der Waals surface area contributed by atoms with Gasteiger partial charge in [-0.1, -0.05) is 6.07 Å². The Morgan fingerprint density at radius 3 is 2.60 bits per heavy atom. The summed E-state index contributed by atoms with van der Waals surface area (Å²) in [6.45, 7) is 6.39. The van der Waals surface area contributed by atoms with Gasteiger partial charge >= 0.3 is 0 Å². The molecule has 0 spiro atoms. The van der Waals surface area contributed by atoms with Gasteiger partial charge in [-0.3, -0.25) is 4.90 Å². The van der Waals surface area contributed by atoms with Crippen molar-refractivity contribution >= 4 is 5.69 Å². The van der Waals surface area contributed by atoms with Crippen molar-refractivity contribution in [2.24, 2.45) is 5.92 Å². The van der Waals surface area contributed by atoms with Gasteiger partial charge in [0.15, 0.2) is 0 Å². The van der Waals surface area contributed by atoms with Gasteiger partial charge in [-0.2, -0.15) is 0 Å². The predicted molar refractivity (Wildman–Crippen MR) is 82.8 cm³/mol. The van der Waals surface area contributed by atoms with E-state index in [0.717, 1.165) is 37.9 Å². The molecule has 110 valence electrons. The first-order valence-electron chi connectivity index (χ1n) is 7.93. The van der Waals surface area contributed by atoms with E-state index in [1.54, 1.807) is 0 Å². The van der Waals surface area contributed by atoms with Crippen LogP contribution in [0.2, 0.25) is 0 Å². The van der Waals surface area contributed by atoms with E-state index in [1.165, 1.54) is 36.8 Å². The molecule has 0 amide bonds. The summed E-state index contributed by atoms with van der Waals surface area (Å²) in [7, 11) is 0. The maximum Gasteiger partial charge on any atom is 0.0594 e. The average Bonchev–Trinajstić information content (AvgIpc) is 2.69. The Morgan fingerprint density at radius 1 is 1.15 bits per heavy atom. The monoisotopic (exact) mass is 274 g/mol. The number of hydrogen-bond donors (Lipinski definition) is 1. The van der Waals surface area contributed by atoms with Gasteiger partial charge in [-0.25, -0.2) is 0 Å². The van der Waals surface area contributed by atoms with Crippen LogP contribution in [0.25, 0.3) is 0 Å². The zero-order chi connectivity index (χ0) is 13.9. The van der Waals surface area contributed by atoms with Gasteiger partial charge in [0, 0.05) is 24.8 Å². The maximum atomic E-state index is 5.92. The van der Waals surface area contributed by atoms with Gasteiger partial charge < -0.3 is 10.5 Å². The van der Waals surface area contributed by atoms with Crippen LogP contribution < -0.4 is 5.73 Å². The highest BCUT2D eigenvalue weighted by Crippen LogP contribution is 2.29. The summed E-state index contributed by atoms with van der Waals surface area (Å²) in [5.74, 6) is 0.793. The van der Waals surface area contributed by atoms with Crippen LogP contribution in [-0.4, -0.2) is 37.2 Å². The second kappa shape index (κ2) is 6.15. The highest BCUT2D eigenvalue weighted by molar-refractivity contribution is 5.45. The Balaban J connectivity index is 1.66. The lowest BCUT2D eigenvalue weighted by Gasteiger charge is -2.36. The third-order valence-corrected chi connectivity index (χ3v) is 5.10. The molecule has 3 heteroatoms. The number of morpholine rings is 1. The fourth-order valence-corrected chi connectivity index (χ4v) is 3.71. The molecule has 0 aromatic heterocycles. The van der Waals surface area contributed by atoms with Gasteiger partial charge in [0.25, 0.3) is 0 Å². The molecule has 0 bridgehead atoms. The quantitative estimate of drug-likeness (QED) is 0.665. The summed E-state index contributed by atoms with van der Waals surface area (Å²) in [4.78, 5) is 2.61. The van der Waals surface area contributed by atoms with E-state index < -0.39 is 0 Å². The molecule has 2 N–H and O–H groups in total. The van der Waals surface area contributed by atoms with E-state index in [-0.39, 0.29) is 0 Å². The number of benzene rings is 1. The van der Waals surface area contributed by atoms with Crippen LogP contribution >= 0.6 is 0 Å². The number of fused-ring (bicyclic) bond motifs is 1. The third kappa shape index (κ3) is 2.99. The van der Waals surface area contributed by atoms with E-state index in [4.69, 9.17) is 10.5 Å². The maximum absolute atomic E-state index is 5.92. The molecule has 1 aliphatic carbocycles. The molecular formula is C17H26N2O. The summed E-state index contributed by atoms with van der Waals surface area (Å²) < 4.78 is 5.47. The van der Waals surface area contributed by atoms with Crippen molar-refractivity contribution in [3.05, 3.63) is 29.3 Å². The summed E-state index contributed by atoms with van der Waals surface area (Å²) in [5.41, 5.74) is 9.81. The second-order valence-electron chi connectivity index (χ2n) is 6.25. The van der Waals surface area contributed by atoms with Gasteiger partial charge in [-0.05, 0) is 61.8 Å². The lowest BCUT2D eigenvalue weighted by Crippen LogP contribution is -2.45. The normalized spacial score (nSPS) is 25.8. The topological polar surface area (TPSA) is 38.5 Å². The number of nitrogens with two attached hydrogens (primary N) is 1. The van der Waals surface area contributed by atoms with Gasteiger partial charge in [0.2, 0.25) is 0 Å². The van der Waals surface area contributed by atoms with E-state index in [0.29, 0.717) is 6.04 Å². The molecule has 1 aliphatic heterocycles. The summed E-state index contributed by atoms with van der Waals surface area (Å²) in [5, 5.41) is 0. The molecule has 1 fully saturated rings. The van der Waals surface area contributed by atoms with Crippen molar-refractivity contribution in [3.8, 4) is 0 Å². The van der Waals surface area contributed by atoms with Crippen molar-refractivity contribution in [2.45, 2.75) is 38.6 Å². The van der Waals surface area contributed by atoms with Gasteiger partial charge in [0.1, 0.15) is 0 Å². The molecule has 20 heavy (non-hydrogen) atoms. The summed E-state index contributed by atoms with van der Waals surface area (Å²) >= 11 is 0. The molecule has 2 aliphatic rings. The lowest BCUT2D eigenvalue weighted by molar-refractivity contribution is 0.00561. The number of ether oxygens (including phenoxy) is 1. The van der Waals surface area contributed by atoms with Crippen LogP contribution in [0.3, 0.4) is 0 Å². The number of aryl methyl sites for hydroxylation is 2. The fourth-order valence-electron chi connectivity index (χ4n) is 3.71. The standard InChI is InChI=1S/C17H26N2O/c1-13(19-8-10-20-11-9-19)14-2-4-15-6-7-17(18)12-16(15)5-3-14/h6-7,12-14H,2-5,8-11,18H2,1H3. The molecule has 1 heterocycles. The van der Waals surface area contributed by atoms with Crippen LogP contribution in [0.4, 0.5) is 5.69 Å². The van der Waals surface area contributed by atoms with Crippen LogP contribution in [0.1, 0.15) is 30.9 Å². The molecule has 3 nitrogen and oxygen atoms in total. The summed E-state index contributed by atoms with van der Waals surface area (Å²) in [6.07, 6.45) is 4.97. The number of nitrogen functional groups attached to an aromatic ring is 1. The van der Waals surface area contributed by atoms with E-state index in [9.17, 15) is 0 Å². The predicted octanol–water partition coefficient (Wildman–Crippen LogP) is 2.48. The van der Waals surface area contributed by atoms with Crippen molar-refractivity contribution in [3.63, 3.8) is 0 Å². The lowest BCUT2D eigenvalue weighted by atomic mass is 9.91. The molecule has 1 saturated heterocycles. The molecule has 1 aromatic rings. The van der Waals surface area contributed by atoms with Crippen LogP contribution in [0.5, 0.6) is 0 Å². The van der Waals surface area contributed by atoms with Crippen molar-refractivity contribution in [1.82, 2.24) is 4.90 Å². The van der Waals surface area contributed by atoms with Crippen molar-refractivity contribution < 1.29 is 4.74 Å². The Bertz CT molecular complexity index is 454. The number of nitrogens with zero attached hydrogens (tertiary/aromatic N) is 1. The highest BCUT2D eigenvalue weighted by Gasteiger charge is 2.26. The third-order valence-electron chi connectivity index (χ3n) is 5.10. The van der Waals surface area contributed by atoms with Crippen molar-refractivity contribution in [1.29, 1.82) is 0 Å². The SMILES string of the molecule is CC(C1CCc2ccc(N)cc2CC1)N1CCOCC1. The minimum atomic E-state index is 0.672. The zero-order valence-electron chi connectivity index (χ0n) is 12.5. The molecule has 2 unspecified atom stereocenters. The molecule has 2 atom stereocenters. The Kier molecular flexibility index (Phi) is 4.27. The summed E-state index contributed by atoms with van der Waals surface area (Å²) in [6, 6.07) is 7.12. The number of rotatable bonds is 2. The Hall–Kier alpha value is -1.06. The fraction of sp³-hybridized carbons (Fsp3) is 0.647. The minimum absolute atomic E-state index is 0.672. The van der Waals surface area contributed by atoms with Crippen LogP contribution in [0, 0.1) is 5.92 Å². The largest absolute Gasteiger partial charge is 0.399 e. The van der Waals surface area contributed by atoms with Crippen LogP contribution in [-0.2, 0) is 17.6 Å². The molecule has 0 radical (unpaired) electrons. The number of anilines is 1. The van der Waals surface area contributed by atoms with E-state index >= 15 is 0 Å². The first-order chi connectivity index (χ1) is 9.74. The number of hydrogen-bond acceptors (Lipinski definition) is 3. The first kappa shape index (κ1) is 13.9. The van der Waals surface area contributed by atoms with Crippen molar-refractivity contribution in [2.75, 3.05) is 32.0 Å². The zero-order valence-corrected chi connectivity index (χ0v) is 12.5. The molecule has 3 rings (SSSR count). The van der Waals surface area contributed by atoms with E-state index in [2.05, 4.69) is 24.0 Å². The second-order valence-corrected chi connectivity index (χ2v) is 6.25. The molecule has 1 aromatic carbocycles. The van der Waals surface area contributed by atoms with Gasteiger partial charge in [-0.15, -0.1) is 0 Å². The van der Waals surface area contributed by atoms with Crippen LogP contribution in [0.15, 0.2) is 18.2 Å². The Labute approximate surface area is 122 Å². The highest BCUT2D eigenvalue weighted by atomic mass is 16.5. The minimum Gasteiger partial charge on any atom is -0.399 e. The smallest absolute Gasteiger partial charge is 0.0594 e.